The third kappa shape index (κ3) is 2.75. The number of aliphatic imine (C=N–C) groups is 1. The Morgan fingerprint density at radius 2 is 2.17 bits per heavy atom. The van der Waals surface area contributed by atoms with Gasteiger partial charge in [-0.2, -0.15) is 5.26 Å². The second-order valence-corrected chi connectivity index (χ2v) is 4.22. The molecule has 0 bridgehead atoms. The molecule has 2 rings (SSSR count). The molecule has 0 aliphatic carbocycles. The monoisotopic (exact) mass is 258 g/mol. The van der Waals surface area contributed by atoms with Crippen molar-refractivity contribution in [2.75, 3.05) is 0 Å². The first-order chi connectivity index (χ1) is 8.69. The average Bonchev–Trinajstić information content (AvgIpc) is 2.86. The van der Waals surface area contributed by atoms with E-state index in [1.165, 1.54) is 6.20 Å². The van der Waals surface area contributed by atoms with Gasteiger partial charge in [0, 0.05) is 6.21 Å². The van der Waals surface area contributed by atoms with Crippen LogP contribution in [0.5, 0.6) is 0 Å². The summed E-state index contributed by atoms with van der Waals surface area (Å²) in [5.74, 6) is 0. The number of hydrogen-bond acceptors (Lipinski definition) is 6. The Labute approximate surface area is 106 Å². The van der Waals surface area contributed by atoms with Crippen LogP contribution in [0.15, 0.2) is 35.5 Å². The van der Waals surface area contributed by atoms with Crippen LogP contribution in [0.1, 0.15) is 11.1 Å². The van der Waals surface area contributed by atoms with Gasteiger partial charge >= 0.3 is 5.00 Å². The van der Waals surface area contributed by atoms with Gasteiger partial charge in [-0.1, -0.05) is 12.1 Å². The van der Waals surface area contributed by atoms with Gasteiger partial charge in [0.25, 0.3) is 0 Å². The Kier molecular flexibility index (Phi) is 3.41. The Morgan fingerprint density at radius 1 is 1.44 bits per heavy atom. The fraction of sp³-hybridized carbons (Fsp3) is 0. The van der Waals surface area contributed by atoms with Crippen molar-refractivity contribution in [3.8, 4) is 6.07 Å². The first-order valence-corrected chi connectivity index (χ1v) is 5.65. The average molecular weight is 258 g/mol. The van der Waals surface area contributed by atoms with Crippen LogP contribution >= 0.6 is 11.3 Å². The lowest BCUT2D eigenvalue weighted by Gasteiger charge is -1.91. The zero-order valence-corrected chi connectivity index (χ0v) is 9.79. The van der Waals surface area contributed by atoms with Crippen molar-refractivity contribution < 1.29 is 4.92 Å². The smallest absolute Gasteiger partial charge is 0.257 e. The lowest BCUT2D eigenvalue weighted by molar-refractivity contribution is -0.380. The van der Waals surface area contributed by atoms with E-state index in [0.29, 0.717) is 10.7 Å². The number of nitriles is 1. The van der Waals surface area contributed by atoms with Crippen LogP contribution in [0.25, 0.3) is 0 Å². The molecule has 0 radical (unpaired) electrons. The molecule has 0 atom stereocenters. The summed E-state index contributed by atoms with van der Waals surface area (Å²) in [6.07, 6.45) is 2.72. The van der Waals surface area contributed by atoms with E-state index in [2.05, 4.69) is 9.98 Å². The van der Waals surface area contributed by atoms with Crippen molar-refractivity contribution in [3.05, 3.63) is 51.7 Å². The van der Waals surface area contributed by atoms with Crippen molar-refractivity contribution in [1.29, 1.82) is 5.26 Å². The highest BCUT2D eigenvalue weighted by molar-refractivity contribution is 7.18. The van der Waals surface area contributed by atoms with E-state index in [4.69, 9.17) is 5.26 Å². The molecule has 0 fully saturated rings. The lowest BCUT2D eigenvalue weighted by atomic mass is 10.2. The van der Waals surface area contributed by atoms with Crippen molar-refractivity contribution >= 4 is 27.7 Å². The molecule has 88 valence electrons. The van der Waals surface area contributed by atoms with E-state index in [1.54, 1.807) is 30.5 Å². The summed E-state index contributed by atoms with van der Waals surface area (Å²) >= 11 is 0.907. The van der Waals surface area contributed by atoms with E-state index in [1.807, 2.05) is 6.07 Å². The summed E-state index contributed by atoms with van der Waals surface area (Å²) in [6.45, 7) is 0. The number of nitro groups is 1. The summed E-state index contributed by atoms with van der Waals surface area (Å²) in [5, 5.41) is 19.4. The maximum Gasteiger partial charge on any atom is 0.345 e. The fourth-order valence-corrected chi connectivity index (χ4v) is 1.75. The number of benzene rings is 1. The first-order valence-electron chi connectivity index (χ1n) is 4.83. The second kappa shape index (κ2) is 5.16. The van der Waals surface area contributed by atoms with E-state index in [-0.39, 0.29) is 5.00 Å². The molecule has 0 N–H and O–H groups in total. The normalized spacial score (nSPS) is 10.4. The first kappa shape index (κ1) is 11.9. The summed E-state index contributed by atoms with van der Waals surface area (Å²) in [6, 6.07) is 8.84. The Hall–Kier alpha value is -2.59. The predicted molar refractivity (Wildman–Crippen MR) is 67.2 cm³/mol. The van der Waals surface area contributed by atoms with Crippen molar-refractivity contribution in [2.24, 2.45) is 4.99 Å². The third-order valence-corrected chi connectivity index (χ3v) is 2.88. The molecule has 0 saturated heterocycles. The summed E-state index contributed by atoms with van der Waals surface area (Å²) in [4.78, 5) is 17.8. The van der Waals surface area contributed by atoms with E-state index in [9.17, 15) is 10.1 Å². The van der Waals surface area contributed by atoms with Gasteiger partial charge in [-0.05, 0) is 29.0 Å². The molecule has 7 heteroatoms. The molecular weight excluding hydrogens is 252 g/mol. The highest BCUT2D eigenvalue weighted by atomic mass is 32.1. The quantitative estimate of drug-likeness (QED) is 0.480. The van der Waals surface area contributed by atoms with Gasteiger partial charge < -0.3 is 0 Å². The van der Waals surface area contributed by atoms with Crippen LogP contribution in [0.2, 0.25) is 0 Å². The molecule has 6 nitrogen and oxygen atoms in total. The van der Waals surface area contributed by atoms with Crippen LogP contribution in [0.4, 0.5) is 10.1 Å². The Balaban J connectivity index is 2.14. The predicted octanol–water partition coefficient (Wildman–Crippen LogP) is 2.67. The van der Waals surface area contributed by atoms with Crippen molar-refractivity contribution in [1.82, 2.24) is 4.98 Å². The molecule has 1 heterocycles. The molecule has 2 aromatic rings. The number of nitrogens with zero attached hydrogens (tertiary/aromatic N) is 4. The van der Waals surface area contributed by atoms with Gasteiger partial charge in [0.05, 0.1) is 16.6 Å². The molecule has 1 aromatic heterocycles. The van der Waals surface area contributed by atoms with Gasteiger partial charge in [0.1, 0.15) is 6.20 Å². The summed E-state index contributed by atoms with van der Waals surface area (Å²) in [5.41, 5.74) is 1.36. The van der Waals surface area contributed by atoms with Crippen LogP contribution < -0.4 is 0 Å². The van der Waals surface area contributed by atoms with E-state index >= 15 is 0 Å². The molecule has 0 spiro atoms. The van der Waals surface area contributed by atoms with Gasteiger partial charge in [-0.3, -0.25) is 10.1 Å². The molecule has 0 saturated carbocycles. The Morgan fingerprint density at radius 3 is 2.72 bits per heavy atom. The maximum atomic E-state index is 10.5. The minimum absolute atomic E-state index is 0.0398. The molecule has 0 amide bonds. The SMILES string of the molecule is N#Cc1ccc(/C=N\c2ncc([N+](=O)[O-])s2)cc1. The van der Waals surface area contributed by atoms with Gasteiger partial charge in [0.15, 0.2) is 0 Å². The maximum absolute atomic E-state index is 10.5. The highest BCUT2D eigenvalue weighted by Crippen LogP contribution is 2.27. The fourth-order valence-electron chi connectivity index (χ4n) is 1.17. The number of thiazole rings is 1. The second-order valence-electron chi connectivity index (χ2n) is 3.23. The van der Waals surface area contributed by atoms with E-state index < -0.39 is 4.92 Å². The highest BCUT2D eigenvalue weighted by Gasteiger charge is 2.09. The van der Waals surface area contributed by atoms with E-state index in [0.717, 1.165) is 16.9 Å². The van der Waals surface area contributed by atoms with Crippen molar-refractivity contribution in [3.63, 3.8) is 0 Å². The standard InChI is InChI=1S/C11H6N4O2S/c12-5-8-1-3-9(4-2-8)6-13-11-14-7-10(18-11)15(16)17/h1-4,6-7H/b13-6-. The number of rotatable bonds is 3. The summed E-state index contributed by atoms with van der Waals surface area (Å²) in [7, 11) is 0. The van der Waals surface area contributed by atoms with Crippen LogP contribution in [-0.2, 0) is 0 Å². The summed E-state index contributed by atoms with van der Waals surface area (Å²) < 4.78 is 0. The molecule has 1 aromatic carbocycles. The molecule has 0 aliphatic heterocycles. The minimum atomic E-state index is -0.502. The Bertz CT molecular complexity index is 640. The lowest BCUT2D eigenvalue weighted by Crippen LogP contribution is -1.80. The zero-order valence-electron chi connectivity index (χ0n) is 8.98. The largest absolute Gasteiger partial charge is 0.345 e. The van der Waals surface area contributed by atoms with Crippen LogP contribution in [-0.4, -0.2) is 16.1 Å². The minimum Gasteiger partial charge on any atom is -0.257 e. The molecular formula is C11H6N4O2S. The topological polar surface area (TPSA) is 92.2 Å². The van der Waals surface area contributed by atoms with Gasteiger partial charge in [0.2, 0.25) is 5.13 Å². The van der Waals surface area contributed by atoms with Crippen molar-refractivity contribution in [2.45, 2.75) is 0 Å². The van der Waals surface area contributed by atoms with Gasteiger partial charge in [-0.25, -0.2) is 9.98 Å². The van der Waals surface area contributed by atoms with Gasteiger partial charge in [-0.15, -0.1) is 0 Å². The zero-order chi connectivity index (χ0) is 13.0. The number of aromatic nitrogens is 1. The molecule has 0 unspecified atom stereocenters. The number of hydrogen-bond donors (Lipinski definition) is 0. The molecule has 0 aliphatic rings. The third-order valence-electron chi connectivity index (χ3n) is 2.03. The van der Waals surface area contributed by atoms with Crippen LogP contribution in [0, 0.1) is 21.4 Å². The van der Waals surface area contributed by atoms with Crippen LogP contribution in [0.3, 0.4) is 0 Å². The molecule has 18 heavy (non-hydrogen) atoms.